The maximum absolute atomic E-state index is 12.7. The van der Waals surface area contributed by atoms with Gasteiger partial charge in [-0.2, -0.15) is 4.98 Å². The van der Waals surface area contributed by atoms with Crippen LogP contribution >= 0.6 is 11.6 Å². The van der Waals surface area contributed by atoms with E-state index >= 15 is 0 Å². The second kappa shape index (κ2) is 9.44. The molecule has 0 saturated heterocycles. The molecule has 1 fully saturated rings. The number of carbonyl (C=O) groups is 1. The van der Waals surface area contributed by atoms with Crippen molar-refractivity contribution in [1.29, 1.82) is 0 Å². The van der Waals surface area contributed by atoms with E-state index in [0.717, 1.165) is 42.8 Å². The highest BCUT2D eigenvalue weighted by atomic mass is 35.5. The fourth-order valence-corrected chi connectivity index (χ4v) is 3.82. The van der Waals surface area contributed by atoms with Crippen LogP contribution in [0.15, 0.2) is 30.3 Å². The van der Waals surface area contributed by atoms with E-state index in [1.54, 1.807) is 0 Å². The van der Waals surface area contributed by atoms with Crippen molar-refractivity contribution in [2.45, 2.75) is 51.6 Å². The smallest absolute Gasteiger partial charge is 0.225 e. The topological polar surface area (TPSA) is 70.2 Å². The molecule has 156 valence electrons. The Kier molecular flexibility index (Phi) is 6.96. The second-order valence-corrected chi connectivity index (χ2v) is 8.50. The molecule has 0 bridgehead atoms. The molecule has 1 aromatic carbocycles. The normalized spacial score (nSPS) is 20.0. The van der Waals surface area contributed by atoms with Gasteiger partial charge in [0.2, 0.25) is 11.9 Å². The molecule has 7 heteroatoms. The number of benzene rings is 1. The highest BCUT2D eigenvalue weighted by molar-refractivity contribution is 6.30. The summed E-state index contributed by atoms with van der Waals surface area (Å²) in [6.07, 6.45) is 3.59. The van der Waals surface area contributed by atoms with Crippen molar-refractivity contribution < 1.29 is 4.79 Å². The van der Waals surface area contributed by atoms with Crippen LogP contribution in [0.2, 0.25) is 5.02 Å². The lowest BCUT2D eigenvalue weighted by atomic mass is 9.85. The van der Waals surface area contributed by atoms with Crippen LogP contribution in [0.1, 0.15) is 49.9 Å². The van der Waals surface area contributed by atoms with E-state index in [-0.39, 0.29) is 17.9 Å². The van der Waals surface area contributed by atoms with Crippen LogP contribution in [-0.2, 0) is 4.79 Å². The van der Waals surface area contributed by atoms with E-state index in [1.807, 2.05) is 63.2 Å². The molecule has 1 heterocycles. The predicted octanol–water partition coefficient (Wildman–Crippen LogP) is 4.35. The van der Waals surface area contributed by atoms with Crippen molar-refractivity contribution in [1.82, 2.24) is 15.3 Å². The van der Waals surface area contributed by atoms with Crippen LogP contribution in [0.5, 0.6) is 0 Å². The number of amides is 1. The number of nitrogens with zero attached hydrogens (tertiary/aromatic N) is 3. The van der Waals surface area contributed by atoms with E-state index in [9.17, 15) is 4.79 Å². The van der Waals surface area contributed by atoms with Crippen LogP contribution in [-0.4, -0.2) is 36.0 Å². The largest absolute Gasteiger partial charge is 0.363 e. The van der Waals surface area contributed by atoms with Crippen molar-refractivity contribution in [3.63, 3.8) is 0 Å². The maximum atomic E-state index is 12.7. The Bertz CT molecular complexity index is 832. The lowest BCUT2D eigenvalue weighted by molar-refractivity contribution is -0.126. The predicted molar refractivity (Wildman–Crippen MR) is 118 cm³/mol. The molecule has 2 N–H and O–H groups in total. The minimum Gasteiger partial charge on any atom is -0.363 e. The minimum absolute atomic E-state index is 0.0271. The third-order valence-corrected chi connectivity index (χ3v) is 5.71. The van der Waals surface area contributed by atoms with Crippen molar-refractivity contribution in [2.75, 3.05) is 24.3 Å². The molecule has 0 spiro atoms. The summed E-state index contributed by atoms with van der Waals surface area (Å²) >= 11 is 5.94. The molecule has 0 aliphatic heterocycles. The Labute approximate surface area is 178 Å². The Morgan fingerprint density at radius 3 is 2.41 bits per heavy atom. The van der Waals surface area contributed by atoms with E-state index in [1.165, 1.54) is 0 Å². The molecule has 2 aromatic rings. The SMILES string of the molecule is Cc1cc(N(C)C)nc(NC2CCC(C(=O)N[C@@H](C)c3ccc(Cl)cc3)CC2)n1. The molecule has 0 radical (unpaired) electrons. The molecular formula is C22H30ClN5O. The Morgan fingerprint density at radius 1 is 1.14 bits per heavy atom. The number of hydrogen-bond acceptors (Lipinski definition) is 5. The number of halogens is 1. The standard InChI is InChI=1S/C22H30ClN5O/c1-14-13-20(28(3)4)27-22(24-14)26-19-11-7-17(8-12-19)21(29)25-15(2)16-5-9-18(23)10-6-16/h5-6,9-10,13,15,17,19H,7-8,11-12H2,1-4H3,(H,25,29)(H,24,26,27)/t15-,17?,19?/m0/s1. The summed E-state index contributed by atoms with van der Waals surface area (Å²) in [7, 11) is 3.95. The van der Waals surface area contributed by atoms with E-state index in [0.29, 0.717) is 17.0 Å². The minimum atomic E-state index is -0.0271. The molecule has 1 aliphatic carbocycles. The summed E-state index contributed by atoms with van der Waals surface area (Å²) in [4.78, 5) is 23.7. The van der Waals surface area contributed by atoms with Gasteiger partial charge < -0.3 is 15.5 Å². The molecule has 6 nitrogen and oxygen atoms in total. The van der Waals surface area contributed by atoms with Crippen LogP contribution in [0.25, 0.3) is 0 Å². The fraction of sp³-hybridized carbons (Fsp3) is 0.500. The number of aryl methyl sites for hydroxylation is 1. The van der Waals surface area contributed by atoms with Crippen molar-refractivity contribution >= 4 is 29.3 Å². The van der Waals surface area contributed by atoms with Gasteiger partial charge in [-0.25, -0.2) is 4.98 Å². The summed E-state index contributed by atoms with van der Waals surface area (Å²) in [5, 5.41) is 7.30. The summed E-state index contributed by atoms with van der Waals surface area (Å²) in [5.41, 5.74) is 2.00. The number of rotatable bonds is 6. The monoisotopic (exact) mass is 415 g/mol. The Hall–Kier alpha value is -2.34. The van der Waals surface area contributed by atoms with Gasteiger partial charge in [-0.05, 0) is 57.2 Å². The highest BCUT2D eigenvalue weighted by Gasteiger charge is 2.27. The lowest BCUT2D eigenvalue weighted by Gasteiger charge is -2.29. The molecule has 1 aromatic heterocycles. The second-order valence-electron chi connectivity index (χ2n) is 8.06. The number of carbonyl (C=O) groups excluding carboxylic acids is 1. The molecule has 1 aliphatic rings. The zero-order chi connectivity index (χ0) is 21.0. The lowest BCUT2D eigenvalue weighted by Crippen LogP contribution is -2.37. The molecular weight excluding hydrogens is 386 g/mol. The average Bonchev–Trinajstić information content (AvgIpc) is 2.68. The van der Waals surface area contributed by atoms with Crippen LogP contribution in [0.4, 0.5) is 11.8 Å². The van der Waals surface area contributed by atoms with Crippen molar-refractivity contribution in [2.24, 2.45) is 5.92 Å². The van der Waals surface area contributed by atoms with E-state index < -0.39 is 0 Å². The van der Waals surface area contributed by atoms with Crippen LogP contribution < -0.4 is 15.5 Å². The number of nitrogens with one attached hydrogen (secondary N) is 2. The van der Waals surface area contributed by atoms with Gasteiger partial charge >= 0.3 is 0 Å². The number of aromatic nitrogens is 2. The first-order valence-electron chi connectivity index (χ1n) is 10.2. The van der Waals surface area contributed by atoms with E-state index in [2.05, 4.69) is 20.6 Å². The van der Waals surface area contributed by atoms with Crippen molar-refractivity contribution in [3.05, 3.63) is 46.6 Å². The summed E-state index contributed by atoms with van der Waals surface area (Å²) < 4.78 is 0. The summed E-state index contributed by atoms with van der Waals surface area (Å²) in [6, 6.07) is 9.85. The number of hydrogen-bond donors (Lipinski definition) is 2. The van der Waals surface area contributed by atoms with E-state index in [4.69, 9.17) is 11.6 Å². The quantitative estimate of drug-likeness (QED) is 0.733. The van der Waals surface area contributed by atoms with Crippen molar-refractivity contribution in [3.8, 4) is 0 Å². The van der Waals surface area contributed by atoms with Gasteiger partial charge in [-0.15, -0.1) is 0 Å². The molecule has 1 atom stereocenters. The highest BCUT2D eigenvalue weighted by Crippen LogP contribution is 2.27. The van der Waals surface area contributed by atoms with Gasteiger partial charge in [0.05, 0.1) is 6.04 Å². The first-order chi connectivity index (χ1) is 13.8. The third-order valence-electron chi connectivity index (χ3n) is 5.46. The summed E-state index contributed by atoms with van der Waals surface area (Å²) in [5.74, 6) is 1.74. The third kappa shape index (κ3) is 5.82. The van der Waals surface area contributed by atoms with Gasteiger partial charge in [0.15, 0.2) is 0 Å². The Balaban J connectivity index is 1.51. The van der Waals surface area contributed by atoms with Crippen LogP contribution in [0, 0.1) is 12.8 Å². The first kappa shape index (κ1) is 21.4. The zero-order valence-electron chi connectivity index (χ0n) is 17.6. The molecule has 29 heavy (non-hydrogen) atoms. The average molecular weight is 416 g/mol. The van der Waals surface area contributed by atoms with Gasteiger partial charge in [0, 0.05) is 42.8 Å². The molecule has 3 rings (SSSR count). The van der Waals surface area contributed by atoms with Gasteiger partial charge in [-0.3, -0.25) is 4.79 Å². The molecule has 0 unspecified atom stereocenters. The van der Waals surface area contributed by atoms with Gasteiger partial charge in [0.25, 0.3) is 0 Å². The fourth-order valence-electron chi connectivity index (χ4n) is 3.69. The van der Waals surface area contributed by atoms with Gasteiger partial charge in [-0.1, -0.05) is 23.7 Å². The maximum Gasteiger partial charge on any atom is 0.225 e. The molecule has 1 amide bonds. The zero-order valence-corrected chi connectivity index (χ0v) is 18.3. The summed E-state index contributed by atoms with van der Waals surface area (Å²) in [6.45, 7) is 3.98. The first-order valence-corrected chi connectivity index (χ1v) is 10.5. The Morgan fingerprint density at radius 2 is 1.79 bits per heavy atom. The van der Waals surface area contributed by atoms with Gasteiger partial charge in [0.1, 0.15) is 5.82 Å². The molecule has 1 saturated carbocycles. The number of anilines is 2. The van der Waals surface area contributed by atoms with Crippen LogP contribution in [0.3, 0.4) is 0 Å².